The van der Waals surface area contributed by atoms with Crippen LogP contribution in [0.2, 0.25) is 0 Å². The summed E-state index contributed by atoms with van der Waals surface area (Å²) in [7, 11) is 3.45. The molecule has 0 aliphatic rings. The van der Waals surface area contributed by atoms with Crippen LogP contribution in [0.4, 0.5) is 14.6 Å². The van der Waals surface area contributed by atoms with Crippen molar-refractivity contribution in [2.75, 3.05) is 12.4 Å². The molecule has 0 bridgehead atoms. The summed E-state index contributed by atoms with van der Waals surface area (Å²) in [6.07, 6.45) is 3.40. The van der Waals surface area contributed by atoms with E-state index in [4.69, 9.17) is 0 Å². The number of aromatic nitrogens is 4. The smallest absolute Gasteiger partial charge is 0.333 e. The molecule has 33 heavy (non-hydrogen) atoms. The van der Waals surface area contributed by atoms with Crippen LogP contribution in [0.15, 0.2) is 71.8 Å². The van der Waals surface area contributed by atoms with E-state index in [9.17, 15) is 13.6 Å². The third-order valence-electron chi connectivity index (χ3n) is 5.85. The van der Waals surface area contributed by atoms with Crippen molar-refractivity contribution >= 4 is 27.8 Å². The zero-order chi connectivity index (χ0) is 23.3. The third-order valence-corrected chi connectivity index (χ3v) is 5.85. The van der Waals surface area contributed by atoms with Gasteiger partial charge in [0.05, 0.1) is 28.4 Å². The molecule has 6 nitrogen and oxygen atoms in total. The molecule has 0 spiro atoms. The maximum absolute atomic E-state index is 14.0. The van der Waals surface area contributed by atoms with Crippen LogP contribution >= 0.6 is 0 Å². The lowest BCUT2D eigenvalue weighted by atomic mass is 10.0. The zero-order valence-corrected chi connectivity index (χ0v) is 18.3. The van der Waals surface area contributed by atoms with Gasteiger partial charge in [0.1, 0.15) is 5.82 Å². The van der Waals surface area contributed by atoms with Gasteiger partial charge < -0.3 is 5.32 Å². The normalized spacial score (nSPS) is 11.9. The molecule has 2 aromatic carbocycles. The van der Waals surface area contributed by atoms with E-state index in [1.54, 1.807) is 32.6 Å². The highest BCUT2D eigenvalue weighted by molar-refractivity contribution is 6.04. The number of hydrogen-bond donors (Lipinski definition) is 1. The third kappa shape index (κ3) is 3.44. The number of fused-ring (bicyclic) bond motifs is 3. The molecule has 0 radical (unpaired) electrons. The Morgan fingerprint density at radius 2 is 1.76 bits per heavy atom. The Balaban J connectivity index is 1.81. The maximum atomic E-state index is 14.0. The minimum Gasteiger partial charge on any atom is -0.373 e. The second kappa shape index (κ2) is 7.51. The van der Waals surface area contributed by atoms with Gasteiger partial charge >= 0.3 is 5.69 Å². The first-order chi connectivity index (χ1) is 15.8. The number of benzene rings is 2. The number of halogens is 2. The van der Waals surface area contributed by atoms with Crippen LogP contribution in [0.3, 0.4) is 0 Å². The molecule has 5 rings (SSSR count). The number of anilines is 1. The van der Waals surface area contributed by atoms with E-state index in [0.29, 0.717) is 22.2 Å². The largest absolute Gasteiger partial charge is 0.373 e. The summed E-state index contributed by atoms with van der Waals surface area (Å²) in [5.74, 6) is -2.26. The quantitative estimate of drug-likeness (QED) is 0.418. The van der Waals surface area contributed by atoms with Gasteiger partial charge in [-0.15, -0.1) is 0 Å². The lowest BCUT2D eigenvalue weighted by Gasteiger charge is -2.13. The summed E-state index contributed by atoms with van der Waals surface area (Å²) in [5.41, 5.74) is 3.63. The molecule has 3 heterocycles. The van der Waals surface area contributed by atoms with Crippen LogP contribution in [-0.2, 0) is 13.0 Å². The summed E-state index contributed by atoms with van der Waals surface area (Å²) in [6, 6.07) is 15.5. The van der Waals surface area contributed by atoms with E-state index in [1.807, 2.05) is 30.3 Å². The summed E-state index contributed by atoms with van der Waals surface area (Å²) in [4.78, 5) is 22.1. The Morgan fingerprint density at radius 1 is 0.970 bits per heavy atom. The Bertz CT molecular complexity index is 1560. The number of aryl methyl sites for hydroxylation is 1. The summed E-state index contributed by atoms with van der Waals surface area (Å²) < 4.78 is 31.0. The Hall–Kier alpha value is -4.07. The van der Waals surface area contributed by atoms with Crippen molar-refractivity contribution in [1.82, 2.24) is 19.1 Å². The fourth-order valence-corrected chi connectivity index (χ4v) is 4.05. The summed E-state index contributed by atoms with van der Waals surface area (Å²) in [5, 5.41) is 3.74. The molecule has 0 atom stereocenters. The van der Waals surface area contributed by atoms with Gasteiger partial charge in [0.25, 0.3) is 5.92 Å². The van der Waals surface area contributed by atoms with Crippen molar-refractivity contribution in [2.24, 2.45) is 7.05 Å². The van der Waals surface area contributed by atoms with E-state index in [1.165, 1.54) is 27.3 Å². The predicted octanol–water partition coefficient (Wildman–Crippen LogP) is 5.09. The molecule has 0 aliphatic carbocycles. The van der Waals surface area contributed by atoms with Crippen molar-refractivity contribution in [3.63, 3.8) is 0 Å². The number of pyridine rings is 2. The van der Waals surface area contributed by atoms with Crippen LogP contribution < -0.4 is 11.0 Å². The van der Waals surface area contributed by atoms with E-state index in [0.717, 1.165) is 29.3 Å². The van der Waals surface area contributed by atoms with E-state index < -0.39 is 5.92 Å². The Labute approximate surface area is 188 Å². The monoisotopic (exact) mass is 445 g/mol. The molecule has 0 saturated heterocycles. The number of nitrogens with one attached hydrogen (secondary N) is 1. The number of nitrogens with zero attached hydrogens (tertiary/aromatic N) is 4. The maximum Gasteiger partial charge on any atom is 0.333 e. The molecular formula is C25H21F2N5O. The second-order valence-electron chi connectivity index (χ2n) is 8.02. The molecular weight excluding hydrogens is 424 g/mol. The van der Waals surface area contributed by atoms with Gasteiger partial charge in [-0.2, -0.15) is 0 Å². The van der Waals surface area contributed by atoms with Gasteiger partial charge in [-0.05, 0) is 42.0 Å². The lowest BCUT2D eigenvalue weighted by Crippen LogP contribution is -2.21. The van der Waals surface area contributed by atoms with Gasteiger partial charge in [-0.25, -0.2) is 18.6 Å². The van der Waals surface area contributed by atoms with Crippen molar-refractivity contribution in [3.8, 4) is 16.8 Å². The van der Waals surface area contributed by atoms with Gasteiger partial charge in [-0.1, -0.05) is 18.2 Å². The number of imidazole rings is 1. The topological polar surface area (TPSA) is 64.7 Å². The number of alkyl halides is 2. The average molecular weight is 445 g/mol. The minimum absolute atomic E-state index is 0.154. The van der Waals surface area contributed by atoms with Crippen LogP contribution in [-0.4, -0.2) is 26.1 Å². The van der Waals surface area contributed by atoms with Crippen LogP contribution in [0, 0.1) is 0 Å². The molecule has 166 valence electrons. The zero-order valence-electron chi connectivity index (χ0n) is 18.3. The Morgan fingerprint density at radius 3 is 2.45 bits per heavy atom. The van der Waals surface area contributed by atoms with Gasteiger partial charge in [0.15, 0.2) is 0 Å². The summed E-state index contributed by atoms with van der Waals surface area (Å²) in [6.45, 7) is 0.844. The highest BCUT2D eigenvalue weighted by Gasteiger charge is 2.25. The number of hydrogen-bond acceptors (Lipinski definition) is 4. The highest BCUT2D eigenvalue weighted by atomic mass is 19.3. The van der Waals surface area contributed by atoms with Gasteiger partial charge in [0.2, 0.25) is 0 Å². The summed E-state index contributed by atoms with van der Waals surface area (Å²) >= 11 is 0. The fraction of sp³-hybridized carbons (Fsp3) is 0.160. The standard InChI is InChI=1S/C25H21F2N5O/c1-25(26,27)17-5-4-6-18(12-17)32-23-19-11-15(16-8-10-22(28-2)30-13-16)7-9-20(19)29-14-21(23)31(3)24(32)33/h4-14H,1-3H3,(H,28,30). The highest BCUT2D eigenvalue weighted by Crippen LogP contribution is 2.32. The van der Waals surface area contributed by atoms with Crippen molar-refractivity contribution in [2.45, 2.75) is 12.8 Å². The molecule has 0 amide bonds. The number of rotatable bonds is 4. The van der Waals surface area contributed by atoms with Crippen molar-refractivity contribution < 1.29 is 8.78 Å². The van der Waals surface area contributed by atoms with Crippen molar-refractivity contribution in [3.05, 3.63) is 83.0 Å². The fourth-order valence-electron chi connectivity index (χ4n) is 4.05. The SMILES string of the molecule is CNc1ccc(-c2ccc3ncc4c(c3c2)n(-c2cccc(C(C)(F)F)c2)c(=O)n4C)cn1. The average Bonchev–Trinajstić information content (AvgIpc) is 3.08. The molecule has 1 N–H and O–H groups in total. The van der Waals surface area contributed by atoms with Gasteiger partial charge in [-0.3, -0.25) is 14.1 Å². The molecule has 3 aromatic heterocycles. The minimum atomic E-state index is -3.02. The second-order valence-corrected chi connectivity index (χ2v) is 8.02. The van der Waals surface area contributed by atoms with E-state index in [2.05, 4.69) is 15.3 Å². The molecule has 0 unspecified atom stereocenters. The first-order valence-corrected chi connectivity index (χ1v) is 10.4. The van der Waals surface area contributed by atoms with E-state index >= 15 is 0 Å². The molecule has 0 aliphatic heterocycles. The molecule has 0 fully saturated rings. The van der Waals surface area contributed by atoms with Gasteiger partial charge in [0, 0.05) is 43.7 Å². The lowest BCUT2D eigenvalue weighted by molar-refractivity contribution is 0.0174. The molecule has 5 aromatic rings. The predicted molar refractivity (Wildman–Crippen MR) is 126 cm³/mol. The molecule has 0 saturated carbocycles. The van der Waals surface area contributed by atoms with Crippen molar-refractivity contribution in [1.29, 1.82) is 0 Å². The Kier molecular flexibility index (Phi) is 4.74. The first kappa shape index (κ1) is 20.8. The first-order valence-electron chi connectivity index (χ1n) is 10.4. The van der Waals surface area contributed by atoms with E-state index in [-0.39, 0.29) is 11.3 Å². The van der Waals surface area contributed by atoms with Crippen LogP contribution in [0.5, 0.6) is 0 Å². The molecule has 8 heteroatoms. The van der Waals surface area contributed by atoms with Crippen LogP contribution in [0.1, 0.15) is 12.5 Å². The van der Waals surface area contributed by atoms with Crippen LogP contribution in [0.25, 0.3) is 38.8 Å².